The molecule has 0 aliphatic carbocycles. The first-order valence-electron chi connectivity index (χ1n) is 8.71. The molecule has 0 fully saturated rings. The van der Waals surface area contributed by atoms with E-state index in [2.05, 4.69) is 47.2 Å². The fourth-order valence-electron chi connectivity index (χ4n) is 2.39. The van der Waals surface area contributed by atoms with Crippen molar-refractivity contribution in [2.24, 2.45) is 5.10 Å². The van der Waals surface area contributed by atoms with Crippen LogP contribution in [-0.2, 0) is 10.2 Å². The van der Waals surface area contributed by atoms with Gasteiger partial charge in [-0.1, -0.05) is 32.9 Å². The monoisotopic (exact) mass is 448 g/mol. The van der Waals surface area contributed by atoms with Crippen LogP contribution in [0.4, 0.5) is 0 Å². The molecule has 6 nitrogen and oxygen atoms in total. The van der Waals surface area contributed by atoms with Crippen LogP contribution in [0.1, 0.15) is 31.9 Å². The van der Waals surface area contributed by atoms with Gasteiger partial charge in [-0.05, 0) is 45.1 Å². The highest BCUT2D eigenvalue weighted by Crippen LogP contribution is 2.32. The number of amides is 1. The third-order valence-electron chi connectivity index (χ3n) is 3.99. The Morgan fingerprint density at radius 2 is 1.75 bits per heavy atom. The molecule has 150 valence electrons. The normalized spacial score (nSPS) is 11.4. The van der Waals surface area contributed by atoms with Crippen LogP contribution in [0, 0.1) is 0 Å². The lowest BCUT2D eigenvalue weighted by Gasteiger charge is -2.19. The molecule has 1 N–H and O–H groups in total. The molecule has 0 aliphatic heterocycles. The van der Waals surface area contributed by atoms with Gasteiger partial charge in [-0.2, -0.15) is 5.10 Å². The SMILES string of the molecule is COc1cc(OC)c(/C=N/NC(=O)COc2ccc(C(C)(C)C)cc2)cc1Br. The molecular formula is C21H25BrN2O4. The molecule has 0 atom stereocenters. The van der Waals surface area contributed by atoms with Gasteiger partial charge in [0.15, 0.2) is 6.61 Å². The largest absolute Gasteiger partial charge is 0.496 e. The van der Waals surface area contributed by atoms with E-state index in [0.29, 0.717) is 22.8 Å². The summed E-state index contributed by atoms with van der Waals surface area (Å²) in [6.07, 6.45) is 1.50. The maximum absolute atomic E-state index is 11.9. The van der Waals surface area contributed by atoms with Crippen LogP contribution in [0.25, 0.3) is 0 Å². The Labute approximate surface area is 174 Å². The third kappa shape index (κ3) is 5.99. The van der Waals surface area contributed by atoms with Gasteiger partial charge >= 0.3 is 0 Å². The van der Waals surface area contributed by atoms with Gasteiger partial charge in [0.2, 0.25) is 0 Å². The van der Waals surface area contributed by atoms with E-state index < -0.39 is 0 Å². The minimum Gasteiger partial charge on any atom is -0.496 e. The molecule has 2 aromatic carbocycles. The smallest absolute Gasteiger partial charge is 0.277 e. The van der Waals surface area contributed by atoms with Gasteiger partial charge in [0.25, 0.3) is 5.91 Å². The van der Waals surface area contributed by atoms with Crippen LogP contribution in [0.5, 0.6) is 17.2 Å². The van der Waals surface area contributed by atoms with Gasteiger partial charge in [-0.15, -0.1) is 0 Å². The van der Waals surface area contributed by atoms with E-state index in [1.807, 2.05) is 24.3 Å². The van der Waals surface area contributed by atoms with E-state index in [0.717, 1.165) is 4.47 Å². The number of nitrogens with one attached hydrogen (secondary N) is 1. The Kier molecular flexibility index (Phi) is 7.45. The summed E-state index contributed by atoms with van der Waals surface area (Å²) in [7, 11) is 3.13. The van der Waals surface area contributed by atoms with E-state index in [9.17, 15) is 4.79 Å². The lowest BCUT2D eigenvalue weighted by Crippen LogP contribution is -2.24. The second-order valence-electron chi connectivity index (χ2n) is 7.08. The number of hydrogen-bond acceptors (Lipinski definition) is 5. The Bertz CT molecular complexity index is 843. The van der Waals surface area contributed by atoms with Crippen LogP contribution in [0.3, 0.4) is 0 Å². The Balaban J connectivity index is 1.91. The van der Waals surface area contributed by atoms with Gasteiger partial charge in [-0.25, -0.2) is 5.43 Å². The Morgan fingerprint density at radius 1 is 1.11 bits per heavy atom. The van der Waals surface area contributed by atoms with Gasteiger partial charge < -0.3 is 14.2 Å². The molecule has 0 saturated carbocycles. The molecule has 0 bridgehead atoms. The highest BCUT2D eigenvalue weighted by molar-refractivity contribution is 9.10. The second-order valence-corrected chi connectivity index (χ2v) is 7.94. The van der Waals surface area contributed by atoms with E-state index in [4.69, 9.17) is 14.2 Å². The van der Waals surface area contributed by atoms with Crippen LogP contribution >= 0.6 is 15.9 Å². The number of carbonyl (C=O) groups excluding carboxylic acids is 1. The third-order valence-corrected chi connectivity index (χ3v) is 4.61. The summed E-state index contributed by atoms with van der Waals surface area (Å²) in [4.78, 5) is 11.9. The average molecular weight is 449 g/mol. The molecule has 2 rings (SSSR count). The summed E-state index contributed by atoms with van der Waals surface area (Å²) in [6.45, 7) is 6.30. The number of rotatable bonds is 7. The molecule has 0 heterocycles. The molecule has 7 heteroatoms. The molecule has 0 spiro atoms. The zero-order chi connectivity index (χ0) is 20.7. The summed E-state index contributed by atoms with van der Waals surface area (Å²) in [5.41, 5.74) is 4.40. The maximum atomic E-state index is 11.9. The van der Waals surface area contributed by atoms with Crippen LogP contribution < -0.4 is 19.6 Å². The van der Waals surface area contributed by atoms with Crippen molar-refractivity contribution in [3.63, 3.8) is 0 Å². The summed E-state index contributed by atoms with van der Waals surface area (Å²) in [6, 6.07) is 11.2. The van der Waals surface area contributed by atoms with Gasteiger partial charge in [0.1, 0.15) is 17.2 Å². The number of halogens is 1. The highest BCUT2D eigenvalue weighted by atomic mass is 79.9. The predicted octanol–water partition coefficient (Wildman–Crippen LogP) is 4.29. The standard InChI is InChI=1S/C21H25BrN2O4/c1-21(2,3)15-6-8-16(9-7-15)28-13-20(25)24-23-12-14-10-17(22)19(27-5)11-18(14)26-4/h6-12H,13H2,1-5H3,(H,24,25)/b23-12+. The average Bonchev–Trinajstić information content (AvgIpc) is 2.66. The van der Waals surface area contributed by atoms with Crippen molar-refractivity contribution in [2.75, 3.05) is 20.8 Å². The van der Waals surface area contributed by atoms with Crippen molar-refractivity contribution in [1.29, 1.82) is 0 Å². The number of benzene rings is 2. The first kappa shape index (κ1) is 21.8. The minimum atomic E-state index is -0.359. The minimum absolute atomic E-state index is 0.0716. The zero-order valence-corrected chi connectivity index (χ0v) is 18.3. The topological polar surface area (TPSA) is 69.2 Å². The lowest BCUT2D eigenvalue weighted by atomic mass is 9.87. The first-order chi connectivity index (χ1) is 13.2. The number of ether oxygens (including phenoxy) is 3. The molecule has 0 unspecified atom stereocenters. The predicted molar refractivity (Wildman–Crippen MR) is 114 cm³/mol. The van der Waals surface area contributed by atoms with Crippen LogP contribution in [0.15, 0.2) is 46.0 Å². The van der Waals surface area contributed by atoms with Gasteiger partial charge in [-0.3, -0.25) is 4.79 Å². The number of hydrazone groups is 1. The van der Waals surface area contributed by atoms with Crippen molar-refractivity contribution < 1.29 is 19.0 Å². The molecule has 1 amide bonds. The summed E-state index contributed by atoms with van der Waals surface area (Å²) in [5, 5.41) is 3.96. The first-order valence-corrected chi connectivity index (χ1v) is 9.50. The number of carbonyl (C=O) groups is 1. The van der Waals surface area contributed by atoms with Gasteiger partial charge in [0.05, 0.1) is 24.9 Å². The molecule has 0 aromatic heterocycles. The second kappa shape index (κ2) is 9.59. The number of nitrogens with zero attached hydrogens (tertiary/aromatic N) is 1. The fourth-order valence-corrected chi connectivity index (χ4v) is 2.91. The van der Waals surface area contributed by atoms with Crippen LogP contribution in [-0.4, -0.2) is 32.9 Å². The maximum Gasteiger partial charge on any atom is 0.277 e. The van der Waals surface area contributed by atoms with E-state index >= 15 is 0 Å². The molecule has 2 aromatic rings. The number of hydrogen-bond donors (Lipinski definition) is 1. The van der Waals surface area contributed by atoms with Gasteiger partial charge in [0, 0.05) is 11.6 Å². The quantitative estimate of drug-likeness (QED) is 0.506. The molecule has 0 radical (unpaired) electrons. The zero-order valence-electron chi connectivity index (χ0n) is 16.7. The summed E-state index contributed by atoms with van der Waals surface area (Å²) in [5.74, 6) is 1.49. The van der Waals surface area contributed by atoms with Crippen molar-refractivity contribution in [3.8, 4) is 17.2 Å². The number of methoxy groups -OCH3 is 2. The molecule has 0 saturated heterocycles. The summed E-state index contributed by atoms with van der Waals surface area (Å²) < 4.78 is 16.8. The molecular weight excluding hydrogens is 424 g/mol. The van der Waals surface area contributed by atoms with Crippen molar-refractivity contribution in [3.05, 3.63) is 52.0 Å². The Hall–Kier alpha value is -2.54. The Morgan fingerprint density at radius 3 is 2.32 bits per heavy atom. The lowest BCUT2D eigenvalue weighted by molar-refractivity contribution is -0.123. The van der Waals surface area contributed by atoms with E-state index in [-0.39, 0.29) is 17.9 Å². The van der Waals surface area contributed by atoms with Crippen molar-refractivity contribution >= 4 is 28.1 Å². The molecule has 0 aliphatic rings. The van der Waals surface area contributed by atoms with Crippen LogP contribution in [0.2, 0.25) is 0 Å². The van der Waals surface area contributed by atoms with E-state index in [1.54, 1.807) is 26.4 Å². The molecule has 28 heavy (non-hydrogen) atoms. The van der Waals surface area contributed by atoms with Crippen molar-refractivity contribution in [1.82, 2.24) is 5.43 Å². The summed E-state index contributed by atoms with van der Waals surface area (Å²) >= 11 is 3.41. The fraction of sp³-hybridized carbons (Fsp3) is 0.333. The highest BCUT2D eigenvalue weighted by Gasteiger charge is 2.13. The van der Waals surface area contributed by atoms with Crippen molar-refractivity contribution in [2.45, 2.75) is 26.2 Å². The van der Waals surface area contributed by atoms with E-state index in [1.165, 1.54) is 11.8 Å².